The molecule has 1 fully saturated rings. The van der Waals surface area contributed by atoms with Crippen molar-refractivity contribution in [2.45, 2.75) is 30.7 Å². The molecule has 1 aliphatic heterocycles. The summed E-state index contributed by atoms with van der Waals surface area (Å²) in [6.07, 6.45) is 1.87. The van der Waals surface area contributed by atoms with E-state index in [0.717, 1.165) is 12.8 Å². The van der Waals surface area contributed by atoms with E-state index in [4.69, 9.17) is 10.5 Å². The predicted octanol–water partition coefficient (Wildman–Crippen LogP) is 1.31. The van der Waals surface area contributed by atoms with Crippen molar-refractivity contribution in [3.8, 4) is 0 Å². The second kappa shape index (κ2) is 8.09. The molecule has 1 heterocycles. The van der Waals surface area contributed by atoms with Crippen molar-refractivity contribution in [3.63, 3.8) is 0 Å². The van der Waals surface area contributed by atoms with Crippen LogP contribution in [-0.4, -0.2) is 57.8 Å². The van der Waals surface area contributed by atoms with E-state index in [2.05, 4.69) is 6.92 Å². The average Bonchev–Trinajstić information content (AvgIpc) is 2.59. The van der Waals surface area contributed by atoms with Gasteiger partial charge in [0.05, 0.1) is 17.3 Å². The summed E-state index contributed by atoms with van der Waals surface area (Å²) < 4.78 is 29.1. The van der Waals surface area contributed by atoms with Crippen molar-refractivity contribution in [1.82, 2.24) is 4.90 Å². The van der Waals surface area contributed by atoms with E-state index in [1.54, 1.807) is 12.1 Å². The number of piperidine rings is 1. The van der Waals surface area contributed by atoms with Crippen molar-refractivity contribution in [2.24, 2.45) is 11.7 Å². The van der Waals surface area contributed by atoms with Gasteiger partial charge in [0.25, 0.3) is 5.91 Å². The molecule has 0 spiro atoms. The molecular formula is C17H26N2O4S. The highest BCUT2D eigenvalue weighted by molar-refractivity contribution is 7.91. The first-order valence-electron chi connectivity index (χ1n) is 8.22. The minimum absolute atomic E-state index is 0.0476. The van der Waals surface area contributed by atoms with E-state index in [-0.39, 0.29) is 29.2 Å². The monoisotopic (exact) mass is 354 g/mol. The molecule has 6 nitrogen and oxygen atoms in total. The highest BCUT2D eigenvalue weighted by Gasteiger charge is 2.29. The van der Waals surface area contributed by atoms with Gasteiger partial charge in [-0.15, -0.1) is 0 Å². The van der Waals surface area contributed by atoms with Gasteiger partial charge in [-0.3, -0.25) is 4.79 Å². The number of nitrogens with two attached hydrogens (primary N) is 1. The van der Waals surface area contributed by atoms with E-state index in [1.165, 1.54) is 19.2 Å². The largest absolute Gasteiger partial charge is 0.384 e. The van der Waals surface area contributed by atoms with Gasteiger partial charge < -0.3 is 15.4 Å². The number of hydrogen-bond acceptors (Lipinski definition) is 5. The zero-order valence-electron chi connectivity index (χ0n) is 14.3. The van der Waals surface area contributed by atoms with E-state index in [9.17, 15) is 13.2 Å². The average molecular weight is 354 g/mol. The van der Waals surface area contributed by atoms with Crippen molar-refractivity contribution in [3.05, 3.63) is 29.8 Å². The number of rotatable bonds is 6. The molecule has 2 unspecified atom stereocenters. The van der Waals surface area contributed by atoms with Gasteiger partial charge in [0.1, 0.15) is 0 Å². The normalized spacial score (nSPS) is 21.7. The number of nitrogens with zero attached hydrogens (tertiary/aromatic N) is 1. The first-order chi connectivity index (χ1) is 11.4. The summed E-state index contributed by atoms with van der Waals surface area (Å²) >= 11 is 0. The number of carbonyl (C=O) groups is 1. The highest BCUT2D eigenvalue weighted by Crippen LogP contribution is 2.24. The lowest BCUT2D eigenvalue weighted by Crippen LogP contribution is -2.49. The molecule has 1 amide bonds. The molecule has 1 aromatic carbocycles. The standard InChI is InChI=1S/C17H26N2O4S/c1-13-7-8-19(15(11-13)12-18)17(20)14-3-5-16(6-4-14)24(21,22)10-9-23-2/h3-6,13,15H,7-12,18H2,1-2H3. The highest BCUT2D eigenvalue weighted by atomic mass is 32.2. The number of hydrogen-bond donors (Lipinski definition) is 1. The van der Waals surface area contributed by atoms with Gasteiger partial charge in [0.15, 0.2) is 9.84 Å². The van der Waals surface area contributed by atoms with Crippen LogP contribution in [0.3, 0.4) is 0 Å². The molecule has 0 aliphatic carbocycles. The first kappa shape index (κ1) is 18.9. The third kappa shape index (κ3) is 4.34. The molecular weight excluding hydrogens is 328 g/mol. The quantitative estimate of drug-likeness (QED) is 0.832. The number of sulfone groups is 1. The summed E-state index contributed by atoms with van der Waals surface area (Å²) in [5, 5.41) is 0. The number of benzene rings is 1. The number of amides is 1. The Kier molecular flexibility index (Phi) is 6.37. The smallest absolute Gasteiger partial charge is 0.254 e. The van der Waals surface area contributed by atoms with Crippen molar-refractivity contribution in [2.75, 3.05) is 32.6 Å². The van der Waals surface area contributed by atoms with Crippen LogP contribution in [0.1, 0.15) is 30.1 Å². The molecule has 134 valence electrons. The SMILES string of the molecule is COCCS(=O)(=O)c1ccc(C(=O)N2CCC(C)CC2CN)cc1. The van der Waals surface area contributed by atoms with Gasteiger partial charge >= 0.3 is 0 Å². The lowest BCUT2D eigenvalue weighted by atomic mass is 9.92. The van der Waals surface area contributed by atoms with Gasteiger partial charge in [-0.25, -0.2) is 8.42 Å². The summed E-state index contributed by atoms with van der Waals surface area (Å²) in [5.41, 5.74) is 6.31. The van der Waals surface area contributed by atoms with Crippen LogP contribution in [0.5, 0.6) is 0 Å². The van der Waals surface area contributed by atoms with Crippen LogP contribution in [0, 0.1) is 5.92 Å². The molecule has 2 rings (SSSR count). The molecule has 2 N–H and O–H groups in total. The van der Waals surface area contributed by atoms with Crippen LogP contribution in [0.25, 0.3) is 0 Å². The summed E-state index contributed by atoms with van der Waals surface area (Å²) in [4.78, 5) is 14.7. The Balaban J connectivity index is 2.14. The fourth-order valence-corrected chi connectivity index (χ4v) is 4.20. The maximum atomic E-state index is 12.7. The van der Waals surface area contributed by atoms with Gasteiger partial charge in [0, 0.05) is 31.8 Å². The lowest BCUT2D eigenvalue weighted by Gasteiger charge is -2.38. The summed E-state index contributed by atoms with van der Waals surface area (Å²) in [7, 11) is -1.92. The minimum Gasteiger partial charge on any atom is -0.384 e. The third-order valence-electron chi connectivity index (χ3n) is 4.53. The molecule has 0 aromatic heterocycles. The molecule has 0 bridgehead atoms. The Morgan fingerprint density at radius 3 is 2.58 bits per heavy atom. The first-order valence-corrected chi connectivity index (χ1v) is 9.87. The summed E-state index contributed by atoms with van der Waals surface area (Å²) in [6.45, 7) is 3.45. The topological polar surface area (TPSA) is 89.7 Å². The second-order valence-electron chi connectivity index (χ2n) is 6.35. The molecule has 24 heavy (non-hydrogen) atoms. The van der Waals surface area contributed by atoms with E-state index in [0.29, 0.717) is 24.6 Å². The Morgan fingerprint density at radius 1 is 1.33 bits per heavy atom. The third-order valence-corrected chi connectivity index (χ3v) is 6.22. The van der Waals surface area contributed by atoms with Gasteiger partial charge in [-0.1, -0.05) is 6.92 Å². The molecule has 1 aromatic rings. The van der Waals surface area contributed by atoms with Gasteiger partial charge in [-0.2, -0.15) is 0 Å². The summed E-state index contributed by atoms with van der Waals surface area (Å²) in [6, 6.07) is 6.18. The molecule has 1 saturated heterocycles. The van der Waals surface area contributed by atoms with E-state index >= 15 is 0 Å². The molecule has 2 atom stereocenters. The van der Waals surface area contributed by atoms with Crippen molar-refractivity contribution in [1.29, 1.82) is 0 Å². The number of ether oxygens (including phenoxy) is 1. The van der Waals surface area contributed by atoms with Crippen LogP contribution in [0.4, 0.5) is 0 Å². The molecule has 7 heteroatoms. The zero-order chi connectivity index (χ0) is 17.7. The predicted molar refractivity (Wildman–Crippen MR) is 92.6 cm³/mol. The number of carbonyl (C=O) groups excluding carboxylic acids is 1. The second-order valence-corrected chi connectivity index (χ2v) is 8.46. The van der Waals surface area contributed by atoms with E-state index in [1.807, 2.05) is 4.90 Å². The van der Waals surface area contributed by atoms with Gasteiger partial charge in [-0.05, 0) is 43.0 Å². The number of methoxy groups -OCH3 is 1. The van der Waals surface area contributed by atoms with Crippen LogP contribution in [0.15, 0.2) is 29.2 Å². The Labute approximate surface area is 143 Å². The Hall–Kier alpha value is -1.44. The van der Waals surface area contributed by atoms with Crippen LogP contribution in [-0.2, 0) is 14.6 Å². The van der Waals surface area contributed by atoms with Crippen LogP contribution < -0.4 is 5.73 Å². The van der Waals surface area contributed by atoms with E-state index < -0.39 is 9.84 Å². The maximum Gasteiger partial charge on any atom is 0.254 e. The molecule has 1 aliphatic rings. The van der Waals surface area contributed by atoms with Crippen LogP contribution in [0.2, 0.25) is 0 Å². The van der Waals surface area contributed by atoms with Gasteiger partial charge in [0.2, 0.25) is 0 Å². The zero-order valence-corrected chi connectivity index (χ0v) is 15.1. The molecule has 0 saturated carbocycles. The fraction of sp³-hybridized carbons (Fsp3) is 0.588. The molecule has 0 radical (unpaired) electrons. The maximum absolute atomic E-state index is 12.7. The fourth-order valence-electron chi connectivity index (χ4n) is 3.02. The lowest BCUT2D eigenvalue weighted by molar-refractivity contribution is 0.0573. The van der Waals surface area contributed by atoms with Crippen LogP contribution >= 0.6 is 0 Å². The van der Waals surface area contributed by atoms with Crippen molar-refractivity contribution < 1.29 is 17.9 Å². The summed E-state index contributed by atoms with van der Waals surface area (Å²) in [5.74, 6) is 0.407. The minimum atomic E-state index is -3.38. The van der Waals surface area contributed by atoms with Crippen molar-refractivity contribution >= 4 is 15.7 Å². The Bertz CT molecular complexity index is 658. The Morgan fingerprint density at radius 2 is 2.00 bits per heavy atom. The number of likely N-dealkylation sites (tertiary alicyclic amines) is 1.